The van der Waals surface area contributed by atoms with E-state index in [1.54, 1.807) is 0 Å². The summed E-state index contributed by atoms with van der Waals surface area (Å²) in [6, 6.07) is 2.21. The molecule has 29 heavy (non-hydrogen) atoms. The summed E-state index contributed by atoms with van der Waals surface area (Å²) in [5, 5.41) is 6.18. The Hall–Kier alpha value is -3.47. The van der Waals surface area contributed by atoms with Crippen LogP contribution in [0.1, 0.15) is 24.3 Å². The number of carbonyl (C=O) groups excluding carboxylic acids is 1. The Kier molecular flexibility index (Phi) is 23.5. The van der Waals surface area contributed by atoms with Crippen LogP contribution < -0.4 is 5.32 Å². The van der Waals surface area contributed by atoms with E-state index < -0.39 is 0 Å². The summed E-state index contributed by atoms with van der Waals surface area (Å²) in [6.45, 7) is 4.38. The molecule has 0 aromatic carbocycles. The van der Waals surface area contributed by atoms with Crippen LogP contribution in [0.25, 0.3) is 5.32 Å². The zero-order valence-corrected chi connectivity index (χ0v) is 18.6. The molecule has 1 rings (SSSR count). The first-order valence-corrected chi connectivity index (χ1v) is 7.70. The number of likely N-dealkylation sites (N-methyl/N-ethyl adjacent to an activating group) is 1. The van der Waals surface area contributed by atoms with Gasteiger partial charge in [0.1, 0.15) is 0 Å². The molecule has 1 radical (unpaired) electrons. The van der Waals surface area contributed by atoms with Crippen molar-refractivity contribution in [3.8, 4) is 107 Å². The summed E-state index contributed by atoms with van der Waals surface area (Å²) in [7, 11) is 2.13. The zero-order chi connectivity index (χ0) is 20.5. The van der Waals surface area contributed by atoms with E-state index in [4.69, 9.17) is 6.42 Å². The van der Waals surface area contributed by atoms with Crippen LogP contribution in [0.15, 0.2) is 0 Å². The number of terminal acetylenes is 1. The quantitative estimate of drug-likeness (QED) is 0.352. The number of rotatable bonds is 1. The van der Waals surface area contributed by atoms with E-state index in [0.29, 0.717) is 0 Å². The van der Waals surface area contributed by atoms with Crippen LogP contribution in [-0.4, -0.2) is 44.5 Å². The number of hydrogen-bond acceptors (Lipinski definition) is 2. The molecule has 0 bridgehead atoms. The first-order valence-electron chi connectivity index (χ1n) is 7.70. The first-order chi connectivity index (χ1) is 13.8. The van der Waals surface area contributed by atoms with Crippen molar-refractivity contribution in [2.24, 2.45) is 0 Å². The third-order valence-electron chi connectivity index (χ3n) is 2.40. The molecule has 0 aliphatic carbocycles. The van der Waals surface area contributed by atoms with E-state index in [-0.39, 0.29) is 57.0 Å². The molecular formula is C24H47N3OY-2. The van der Waals surface area contributed by atoms with Gasteiger partial charge in [-0.3, -0.25) is 0 Å². The van der Waals surface area contributed by atoms with Gasteiger partial charge >= 0.3 is 0 Å². The molecule has 1 fully saturated rings. The topological polar surface area (TPSA) is 46.4 Å². The van der Waals surface area contributed by atoms with Crippen LogP contribution in [0.5, 0.6) is 0 Å². The van der Waals surface area contributed by atoms with Crippen LogP contribution >= 0.6 is 0 Å². The van der Waals surface area contributed by atoms with Crippen molar-refractivity contribution >= 4 is 6.41 Å². The summed E-state index contributed by atoms with van der Waals surface area (Å²) in [5.74, 6) is 38.3. The molecule has 1 aliphatic rings. The number of amides is 1. The number of hydrogen-bond donors (Lipinski definition) is 1. The Labute approximate surface area is 224 Å². The Morgan fingerprint density at radius 3 is 1.48 bits per heavy atom. The van der Waals surface area contributed by atoms with E-state index in [0.717, 1.165) is 26.2 Å². The van der Waals surface area contributed by atoms with Gasteiger partial charge in [-0.15, -0.1) is 25.4 Å². The van der Waals surface area contributed by atoms with E-state index in [2.05, 4.69) is 118 Å². The van der Waals surface area contributed by atoms with Gasteiger partial charge in [-0.25, -0.2) is 6.04 Å². The van der Waals surface area contributed by atoms with Crippen molar-refractivity contribution < 1.29 is 61.8 Å². The van der Waals surface area contributed by atoms with Crippen molar-refractivity contribution in [1.82, 2.24) is 10.2 Å². The summed E-state index contributed by atoms with van der Waals surface area (Å²) in [5.41, 5.74) is 0. The van der Waals surface area contributed by atoms with Gasteiger partial charge in [-0.05, 0) is 109 Å². The fourth-order valence-corrected chi connectivity index (χ4v) is 1.24. The average Bonchev–Trinajstić information content (AvgIpc) is 2.71. The molecule has 0 atom stereocenters. The van der Waals surface area contributed by atoms with Crippen LogP contribution in [0.4, 0.5) is 0 Å². The second-order valence-electron chi connectivity index (χ2n) is 4.35. The maximum absolute atomic E-state index is 9.69. The maximum atomic E-state index is 9.69. The molecule has 4 nitrogen and oxygen atoms in total. The Morgan fingerprint density at radius 2 is 1.17 bits per heavy atom. The SMILES string of the molecule is C#CC#CC#CC#CC#CC#CC#CC#CC#CN[C-]=O.CN1CC[N-]CC1.[HH].[HH].[HH].[HH].[HH].[HH].[HH].[HH].[HH].[HH].[HH].[HH].[HH].[HH].[HH].[HH].[HH].[Y]. The molecule has 0 saturated carbocycles. The fourth-order valence-electron chi connectivity index (χ4n) is 1.24. The molecule has 0 aromatic rings. The smallest absolute Gasteiger partial charge is 0.0756 e. The summed E-state index contributed by atoms with van der Waals surface area (Å²) in [6.07, 6.45) is 6.26. The molecule has 1 aliphatic heterocycles. The van der Waals surface area contributed by atoms with Crippen LogP contribution in [-0.2, 0) is 37.5 Å². The molecule has 0 aromatic heterocycles. The van der Waals surface area contributed by atoms with Crippen molar-refractivity contribution in [3.05, 3.63) is 5.32 Å². The zero-order valence-electron chi connectivity index (χ0n) is 15.8. The van der Waals surface area contributed by atoms with E-state index >= 15 is 0 Å². The molecule has 5 heteroatoms. The number of piperazine rings is 1. The third kappa shape index (κ3) is 24.5. The molecule has 1 heterocycles. The molecule has 1 amide bonds. The van der Waals surface area contributed by atoms with Gasteiger partial charge in [0.15, 0.2) is 0 Å². The van der Waals surface area contributed by atoms with Crippen molar-refractivity contribution in [1.29, 1.82) is 0 Å². The van der Waals surface area contributed by atoms with Crippen molar-refractivity contribution in [2.45, 2.75) is 0 Å². The monoisotopic (exact) mass is 482 g/mol. The molecule has 0 unspecified atom stereocenters. The minimum absolute atomic E-state index is 0. The summed E-state index contributed by atoms with van der Waals surface area (Å²) in [4.78, 5) is 12.0. The fraction of sp³-hybridized carbons (Fsp3) is 0.208. The minimum atomic E-state index is 0. The van der Waals surface area contributed by atoms with Gasteiger partial charge in [0, 0.05) is 57.0 Å². The summed E-state index contributed by atoms with van der Waals surface area (Å²) >= 11 is 0. The first kappa shape index (κ1) is 27.7. The van der Waals surface area contributed by atoms with Crippen molar-refractivity contribution in [2.75, 3.05) is 33.2 Å². The molecule has 1 N–H and O–H groups in total. The molecule has 169 valence electrons. The summed E-state index contributed by atoms with van der Waals surface area (Å²) < 4.78 is 0. The van der Waals surface area contributed by atoms with Gasteiger partial charge in [0.25, 0.3) is 0 Å². The van der Waals surface area contributed by atoms with E-state index in [9.17, 15) is 4.79 Å². The largest absolute Gasteiger partial charge is 0.660 e. The molecular weight excluding hydrogens is 435 g/mol. The van der Waals surface area contributed by atoms with Gasteiger partial charge < -0.3 is 20.3 Å². The second-order valence-corrected chi connectivity index (χ2v) is 4.35. The van der Waals surface area contributed by atoms with E-state index in [1.807, 2.05) is 5.32 Å². The molecule has 1 saturated heterocycles. The van der Waals surface area contributed by atoms with Crippen LogP contribution in [0, 0.1) is 107 Å². The minimum Gasteiger partial charge on any atom is -0.660 e. The Morgan fingerprint density at radius 1 is 0.793 bits per heavy atom. The Balaban J connectivity index is -0.0000000156. The normalized spacial score (nSPS) is 9.10. The van der Waals surface area contributed by atoms with Crippen LogP contribution in [0.3, 0.4) is 0 Å². The standard InChI is InChI=1S/C19H2NO.C5H11N2.Y.17H2/c1-2-3-4-5-6-7-8-9-10-11-12-13-14-15-16-17-18-20-19-21;1-7-4-2-6-3-5-7;;;;;;;;;;;;;;;;;;/h1H,(H,20,21);2-5H2,1H3;;17*1H/q2*-1;;;;;;;;;;;;;;;;;;. The Bertz CT molecular complexity index is 1110. The third-order valence-corrected chi connectivity index (χ3v) is 2.40. The van der Waals surface area contributed by atoms with Gasteiger partial charge in [0.2, 0.25) is 0 Å². The maximum Gasteiger partial charge on any atom is 0.0756 e. The van der Waals surface area contributed by atoms with Gasteiger partial charge in [-0.2, -0.15) is 0 Å². The van der Waals surface area contributed by atoms with Gasteiger partial charge in [0.05, 0.1) is 6.41 Å². The van der Waals surface area contributed by atoms with E-state index in [1.165, 1.54) is 6.41 Å². The predicted octanol–water partition coefficient (Wildman–Crippen LogP) is 3.75. The average molecular weight is 483 g/mol. The number of nitrogens with zero attached hydrogens (tertiary/aromatic N) is 2. The number of nitrogens with one attached hydrogen (secondary N) is 1. The van der Waals surface area contributed by atoms with Crippen molar-refractivity contribution in [3.63, 3.8) is 0 Å². The molecule has 0 spiro atoms. The van der Waals surface area contributed by atoms with Gasteiger partial charge in [-0.1, -0.05) is 0 Å². The second kappa shape index (κ2) is 24.5. The predicted molar refractivity (Wildman–Crippen MR) is 146 cm³/mol. The van der Waals surface area contributed by atoms with Crippen LogP contribution in [0.2, 0.25) is 0 Å².